The lowest BCUT2D eigenvalue weighted by molar-refractivity contribution is -0.140. The van der Waals surface area contributed by atoms with Crippen molar-refractivity contribution in [2.45, 2.75) is 58.7 Å². The van der Waals surface area contributed by atoms with Gasteiger partial charge in [-0.3, -0.25) is 19.4 Å². The first kappa shape index (κ1) is 25.1. The van der Waals surface area contributed by atoms with E-state index in [0.717, 1.165) is 14.9 Å². The van der Waals surface area contributed by atoms with E-state index in [1.54, 1.807) is 22.9 Å². The largest absolute Gasteiger partial charge is 0.356 e. The number of carbonyl (C=O) groups excluding carboxylic acids is 3. The number of likely N-dealkylation sites (tertiary alicyclic amines) is 1. The molecular weight excluding hydrogens is 577 g/mol. The molecule has 1 unspecified atom stereocenters. The van der Waals surface area contributed by atoms with Crippen molar-refractivity contribution in [1.29, 1.82) is 5.26 Å². The smallest absolute Gasteiger partial charge is 0.244 e. The van der Waals surface area contributed by atoms with Crippen LogP contribution in [0.25, 0.3) is 0 Å². The van der Waals surface area contributed by atoms with E-state index < -0.39 is 22.3 Å². The van der Waals surface area contributed by atoms with E-state index in [1.807, 2.05) is 13.1 Å². The third-order valence-electron chi connectivity index (χ3n) is 7.44. The SMILES string of the molecule is CC1(CC(=O)N2C[C@H]3[C@@H]([C@H]2C(=O)N[C@H](C#N)C[C@@H]2CCNC2=O)C3(Cl)Cl)Cc2cncc(Br)c2S1. The molecule has 3 amide bonds. The minimum Gasteiger partial charge on any atom is -0.356 e. The van der Waals surface area contributed by atoms with Gasteiger partial charge in [-0.05, 0) is 47.7 Å². The molecule has 35 heavy (non-hydrogen) atoms. The Kier molecular flexibility index (Phi) is 6.52. The van der Waals surface area contributed by atoms with Crippen LogP contribution < -0.4 is 10.6 Å². The summed E-state index contributed by atoms with van der Waals surface area (Å²) in [4.78, 5) is 45.7. The van der Waals surface area contributed by atoms with Gasteiger partial charge in [-0.1, -0.05) is 0 Å². The summed E-state index contributed by atoms with van der Waals surface area (Å²) in [6, 6.07) is 0.397. The van der Waals surface area contributed by atoms with Crippen LogP contribution in [0, 0.1) is 29.1 Å². The molecule has 3 fully saturated rings. The standard InChI is InChI=1S/C23H24BrCl2N5O3S/c1-22(5-12-8-28-9-15(24)19(12)35-22)6-16(32)31-10-14-17(23(14,25)26)18(31)21(34)30-13(7-27)4-11-2-3-29-20(11)33/h8-9,11,13-14,17-18H,2-6,10H2,1H3,(H,29,33)(H,30,34)/t11-,13-,14-,17-,18-,22?/m0/s1. The van der Waals surface area contributed by atoms with Crippen molar-refractivity contribution in [1.82, 2.24) is 20.5 Å². The molecule has 4 heterocycles. The average Bonchev–Trinajstić information content (AvgIpc) is 3.25. The van der Waals surface area contributed by atoms with Gasteiger partial charge in [-0.25, -0.2) is 0 Å². The van der Waals surface area contributed by atoms with Crippen LogP contribution in [-0.4, -0.2) is 61.9 Å². The molecule has 0 aromatic carbocycles. The van der Waals surface area contributed by atoms with E-state index in [1.165, 1.54) is 0 Å². The van der Waals surface area contributed by atoms with Crippen LogP contribution in [0.15, 0.2) is 21.8 Å². The molecule has 1 aromatic rings. The van der Waals surface area contributed by atoms with Crippen LogP contribution in [0.4, 0.5) is 0 Å². The summed E-state index contributed by atoms with van der Waals surface area (Å²) in [6.07, 6.45) is 5.36. The second kappa shape index (κ2) is 9.09. The van der Waals surface area contributed by atoms with Crippen LogP contribution in [0.1, 0.15) is 31.7 Å². The Hall–Kier alpha value is -1.54. The molecule has 5 rings (SSSR count). The van der Waals surface area contributed by atoms with Crippen molar-refractivity contribution < 1.29 is 14.4 Å². The molecule has 186 valence electrons. The Morgan fingerprint density at radius 1 is 1.46 bits per heavy atom. The molecule has 0 bridgehead atoms. The zero-order valence-corrected chi connectivity index (χ0v) is 22.8. The van der Waals surface area contributed by atoms with Crippen molar-refractivity contribution in [3.63, 3.8) is 0 Å². The highest BCUT2D eigenvalue weighted by molar-refractivity contribution is 9.10. The minimum atomic E-state index is -1.06. The van der Waals surface area contributed by atoms with Gasteiger partial charge in [0, 0.05) is 63.8 Å². The fraction of sp³-hybridized carbons (Fsp3) is 0.609. The van der Waals surface area contributed by atoms with Crippen molar-refractivity contribution in [2.24, 2.45) is 17.8 Å². The molecule has 1 aromatic heterocycles. The van der Waals surface area contributed by atoms with Crippen LogP contribution >= 0.6 is 50.9 Å². The van der Waals surface area contributed by atoms with Crippen molar-refractivity contribution in [3.05, 3.63) is 22.4 Å². The zero-order chi connectivity index (χ0) is 25.1. The van der Waals surface area contributed by atoms with Gasteiger partial charge in [0.05, 0.1) is 6.07 Å². The normalized spacial score (nSPS) is 32.9. The summed E-state index contributed by atoms with van der Waals surface area (Å²) < 4.78 is -0.531. The predicted molar refractivity (Wildman–Crippen MR) is 135 cm³/mol. The number of hydrogen-bond donors (Lipinski definition) is 2. The highest BCUT2D eigenvalue weighted by atomic mass is 79.9. The molecule has 12 heteroatoms. The summed E-state index contributed by atoms with van der Waals surface area (Å²) in [6.45, 7) is 2.91. The average molecular weight is 601 g/mol. The summed E-state index contributed by atoms with van der Waals surface area (Å²) in [5, 5.41) is 15.1. The van der Waals surface area contributed by atoms with Gasteiger partial charge in [0.1, 0.15) is 16.4 Å². The summed E-state index contributed by atoms with van der Waals surface area (Å²) in [5.74, 6) is -1.58. The Balaban J connectivity index is 1.28. The van der Waals surface area contributed by atoms with Gasteiger partial charge in [0.15, 0.2) is 0 Å². The maximum absolute atomic E-state index is 13.5. The first-order chi connectivity index (χ1) is 16.5. The van der Waals surface area contributed by atoms with E-state index >= 15 is 0 Å². The molecule has 4 aliphatic rings. The van der Waals surface area contributed by atoms with Crippen LogP contribution in [-0.2, 0) is 20.8 Å². The lowest BCUT2D eigenvalue weighted by atomic mass is 9.97. The topological polar surface area (TPSA) is 115 Å². The van der Waals surface area contributed by atoms with Gasteiger partial charge in [-0.15, -0.1) is 35.0 Å². The highest BCUT2D eigenvalue weighted by Crippen LogP contribution is 2.65. The van der Waals surface area contributed by atoms with E-state index in [4.69, 9.17) is 23.2 Å². The Labute approximate surface area is 226 Å². The number of alkyl halides is 2. The minimum absolute atomic E-state index is 0.106. The highest BCUT2D eigenvalue weighted by Gasteiger charge is 2.73. The van der Waals surface area contributed by atoms with E-state index in [-0.39, 0.29) is 47.2 Å². The third-order valence-corrected chi connectivity index (χ3v) is 10.8. The van der Waals surface area contributed by atoms with Gasteiger partial charge in [-0.2, -0.15) is 5.26 Å². The first-order valence-corrected chi connectivity index (χ1v) is 13.9. The molecule has 3 aliphatic heterocycles. The van der Waals surface area contributed by atoms with E-state index in [2.05, 4.69) is 37.6 Å². The second-order valence-electron chi connectivity index (χ2n) is 10.0. The van der Waals surface area contributed by atoms with Crippen molar-refractivity contribution in [3.8, 4) is 6.07 Å². The Bertz CT molecular complexity index is 1150. The lowest BCUT2D eigenvalue weighted by Gasteiger charge is -2.32. The number of nitrogens with zero attached hydrogens (tertiary/aromatic N) is 3. The molecule has 2 N–H and O–H groups in total. The lowest BCUT2D eigenvalue weighted by Crippen LogP contribution is -2.53. The monoisotopic (exact) mass is 599 g/mol. The number of piperidine rings is 1. The molecule has 1 aliphatic carbocycles. The summed E-state index contributed by atoms with van der Waals surface area (Å²) in [5.41, 5.74) is 1.09. The Morgan fingerprint density at radius 3 is 2.89 bits per heavy atom. The quantitative estimate of drug-likeness (QED) is 0.485. The molecule has 8 nitrogen and oxygen atoms in total. The van der Waals surface area contributed by atoms with Crippen molar-refractivity contribution in [2.75, 3.05) is 13.1 Å². The molecule has 1 saturated carbocycles. The van der Waals surface area contributed by atoms with Crippen LogP contribution in [0.3, 0.4) is 0 Å². The number of pyridine rings is 1. The maximum Gasteiger partial charge on any atom is 0.244 e. The van der Waals surface area contributed by atoms with Crippen LogP contribution in [0.5, 0.6) is 0 Å². The fourth-order valence-electron chi connectivity index (χ4n) is 5.63. The number of aromatic nitrogens is 1. The maximum atomic E-state index is 13.5. The number of amides is 3. The van der Waals surface area contributed by atoms with Crippen molar-refractivity contribution >= 4 is 68.6 Å². The first-order valence-electron chi connectivity index (χ1n) is 11.5. The number of rotatable bonds is 6. The molecule has 6 atom stereocenters. The zero-order valence-electron chi connectivity index (χ0n) is 18.9. The Morgan fingerprint density at radius 2 is 2.23 bits per heavy atom. The predicted octanol–water partition coefficient (Wildman–Crippen LogP) is 2.81. The number of nitriles is 1. The van der Waals surface area contributed by atoms with Gasteiger partial charge in [0.2, 0.25) is 17.7 Å². The molecule has 0 spiro atoms. The number of carbonyl (C=O) groups is 3. The van der Waals surface area contributed by atoms with Gasteiger partial charge in [0.25, 0.3) is 0 Å². The van der Waals surface area contributed by atoms with Gasteiger partial charge >= 0.3 is 0 Å². The molecule has 2 saturated heterocycles. The number of hydrogen-bond acceptors (Lipinski definition) is 6. The third kappa shape index (κ3) is 4.54. The van der Waals surface area contributed by atoms with E-state index in [0.29, 0.717) is 25.9 Å². The summed E-state index contributed by atoms with van der Waals surface area (Å²) in [7, 11) is 0. The van der Waals surface area contributed by atoms with Crippen LogP contribution in [0.2, 0.25) is 0 Å². The number of thioether (sulfide) groups is 1. The number of halogens is 3. The number of nitrogens with one attached hydrogen (secondary N) is 2. The second-order valence-corrected chi connectivity index (χ2v) is 13.9. The van der Waals surface area contributed by atoms with E-state index in [9.17, 15) is 19.6 Å². The molecular formula is C23H24BrCl2N5O3S. The summed E-state index contributed by atoms with van der Waals surface area (Å²) >= 11 is 18.0. The van der Waals surface area contributed by atoms with Gasteiger partial charge < -0.3 is 15.5 Å². The number of fused-ring (bicyclic) bond motifs is 2. The fourth-order valence-corrected chi connectivity index (χ4v) is 8.39. The molecule has 0 radical (unpaired) electrons.